The molecule has 4 unspecified atom stereocenters. The van der Waals surface area contributed by atoms with Crippen molar-refractivity contribution in [1.82, 2.24) is 9.78 Å². The van der Waals surface area contributed by atoms with Crippen LogP contribution in [0.2, 0.25) is 0 Å². The summed E-state index contributed by atoms with van der Waals surface area (Å²) in [5.74, 6) is -0.372. The first-order chi connectivity index (χ1) is 22.9. The zero-order chi connectivity index (χ0) is 32.7. The number of unbranched alkanes of at least 4 members (excludes halogenated alkanes) is 2. The number of fused-ring (bicyclic) bond motifs is 6. The van der Waals surface area contributed by atoms with Crippen LogP contribution in [0.5, 0.6) is 0 Å². The first kappa shape index (κ1) is 31.4. The monoisotopic (exact) mass is 632 g/mol. The molecule has 0 saturated heterocycles. The van der Waals surface area contributed by atoms with E-state index in [4.69, 9.17) is 5.10 Å². The van der Waals surface area contributed by atoms with Gasteiger partial charge in [0, 0.05) is 42.3 Å². The molecule has 47 heavy (non-hydrogen) atoms. The molecule has 3 aromatic heterocycles. The normalized spacial score (nSPS) is 20.2. The number of hydrogen-bond donors (Lipinski definition) is 0. The zero-order valence-corrected chi connectivity index (χ0v) is 28.1. The molecule has 5 aromatic rings. The van der Waals surface area contributed by atoms with E-state index in [1.54, 1.807) is 6.07 Å². The number of halogens is 2. The lowest BCUT2D eigenvalue weighted by atomic mass is 9.62. The van der Waals surface area contributed by atoms with Crippen molar-refractivity contribution in [3.63, 3.8) is 0 Å². The van der Waals surface area contributed by atoms with E-state index < -0.39 is 17.0 Å². The SMILES string of the molecule is CCCCCC(C)Cc1ccc(-c2cc3n(n2)CC(C2(CC)c4cc(F)cc(F)c4-c4cccc[n+]4C2CC)[n+]2ccccc2-3)cc1. The molecule has 2 aliphatic rings. The highest BCUT2D eigenvalue weighted by molar-refractivity contribution is 5.68. The van der Waals surface area contributed by atoms with Crippen molar-refractivity contribution in [3.05, 3.63) is 114 Å². The van der Waals surface area contributed by atoms with Crippen LogP contribution in [0.15, 0.2) is 91.3 Å². The maximum Gasteiger partial charge on any atom is 0.231 e. The Hall–Kier alpha value is -4.19. The van der Waals surface area contributed by atoms with Crippen molar-refractivity contribution in [3.8, 4) is 33.9 Å². The minimum absolute atomic E-state index is 0.0172. The van der Waals surface area contributed by atoms with Crippen LogP contribution in [-0.4, -0.2) is 9.78 Å². The predicted molar refractivity (Wildman–Crippen MR) is 183 cm³/mol. The number of aromatic nitrogens is 4. The number of benzene rings is 2. The van der Waals surface area contributed by atoms with E-state index in [2.05, 4.69) is 102 Å². The molecule has 0 radical (unpaired) electrons. The highest BCUT2D eigenvalue weighted by Crippen LogP contribution is 2.53. The number of hydrogen-bond acceptors (Lipinski definition) is 1. The van der Waals surface area contributed by atoms with Gasteiger partial charge in [-0.3, -0.25) is 4.68 Å². The Morgan fingerprint density at radius 2 is 1.64 bits per heavy atom. The summed E-state index contributed by atoms with van der Waals surface area (Å²) in [4.78, 5) is 0. The van der Waals surface area contributed by atoms with E-state index >= 15 is 8.78 Å². The van der Waals surface area contributed by atoms with Crippen molar-refractivity contribution < 1.29 is 17.9 Å². The van der Waals surface area contributed by atoms with Crippen LogP contribution in [0.3, 0.4) is 0 Å². The molecule has 0 amide bonds. The maximum absolute atomic E-state index is 15.9. The Labute approximate surface area is 277 Å². The summed E-state index contributed by atoms with van der Waals surface area (Å²) in [5.41, 5.74) is 6.97. The van der Waals surface area contributed by atoms with E-state index in [0.717, 1.165) is 52.8 Å². The molecule has 0 bridgehead atoms. The van der Waals surface area contributed by atoms with Crippen molar-refractivity contribution >= 4 is 0 Å². The third-order valence-corrected chi connectivity index (χ3v) is 10.9. The third kappa shape index (κ3) is 5.30. The molecule has 4 nitrogen and oxygen atoms in total. The van der Waals surface area contributed by atoms with Gasteiger partial charge in [-0.15, -0.1) is 0 Å². The fraction of sp³-hybridized carbons (Fsp3) is 0.390. The minimum atomic E-state index is -0.605. The molecule has 6 heteroatoms. The molecule has 0 saturated carbocycles. The predicted octanol–water partition coefficient (Wildman–Crippen LogP) is 9.36. The molecule has 2 aromatic carbocycles. The molecule has 4 atom stereocenters. The topological polar surface area (TPSA) is 25.6 Å². The summed E-state index contributed by atoms with van der Waals surface area (Å²) in [6.07, 6.45) is 11.9. The molecule has 0 spiro atoms. The average molecular weight is 633 g/mol. The Bertz CT molecular complexity index is 1890. The van der Waals surface area contributed by atoms with Gasteiger partial charge >= 0.3 is 0 Å². The molecule has 0 N–H and O–H groups in total. The summed E-state index contributed by atoms with van der Waals surface area (Å²) in [6.45, 7) is 9.56. The Kier molecular flexibility index (Phi) is 8.54. The van der Waals surface area contributed by atoms with Gasteiger partial charge < -0.3 is 0 Å². The van der Waals surface area contributed by atoms with E-state index in [-0.39, 0.29) is 12.1 Å². The van der Waals surface area contributed by atoms with Crippen LogP contribution in [0.1, 0.15) is 89.4 Å². The van der Waals surface area contributed by atoms with Gasteiger partial charge in [0.05, 0.1) is 11.3 Å². The Morgan fingerprint density at radius 1 is 0.894 bits per heavy atom. The van der Waals surface area contributed by atoms with E-state index in [1.165, 1.54) is 31.2 Å². The quantitative estimate of drug-likeness (QED) is 0.111. The summed E-state index contributed by atoms with van der Waals surface area (Å²) in [6, 6.07) is 25.8. The fourth-order valence-corrected chi connectivity index (χ4v) is 8.76. The van der Waals surface area contributed by atoms with Crippen LogP contribution in [-0.2, 0) is 18.4 Å². The Morgan fingerprint density at radius 3 is 2.36 bits per heavy atom. The molecule has 7 rings (SSSR count). The fourth-order valence-electron chi connectivity index (χ4n) is 8.76. The zero-order valence-electron chi connectivity index (χ0n) is 28.1. The standard InChI is InChI=1S/C41H46F2N4/c1-5-8-9-14-28(4)23-29-17-19-30(20-18-29)34-26-37-35-15-10-12-21-45(35)39(27-47(37)44-34)41(7-3)32-24-31(42)25-33(43)40(32)36-16-11-13-22-46(36)38(41)6-2/h10-13,15-22,24-26,28,38-39H,5-9,14,23,27H2,1-4H3/q+2. The lowest BCUT2D eigenvalue weighted by molar-refractivity contribution is -0.768. The highest BCUT2D eigenvalue weighted by Gasteiger charge is 2.61. The second kappa shape index (κ2) is 12.8. The third-order valence-electron chi connectivity index (χ3n) is 10.9. The molecule has 2 aliphatic heterocycles. The van der Waals surface area contributed by atoms with Crippen LogP contribution >= 0.6 is 0 Å². The minimum Gasteiger partial charge on any atom is -0.251 e. The van der Waals surface area contributed by atoms with Crippen molar-refractivity contribution in [2.45, 2.75) is 96.7 Å². The largest absolute Gasteiger partial charge is 0.251 e. The summed E-state index contributed by atoms with van der Waals surface area (Å²) in [7, 11) is 0. The van der Waals surface area contributed by atoms with Gasteiger partial charge in [0.1, 0.15) is 29.3 Å². The molecule has 5 heterocycles. The van der Waals surface area contributed by atoms with Crippen LogP contribution in [0, 0.1) is 17.6 Å². The van der Waals surface area contributed by atoms with Crippen LogP contribution < -0.4 is 9.13 Å². The molecular formula is C41H46F2N4+2. The second-order valence-corrected chi connectivity index (χ2v) is 13.7. The lowest BCUT2D eigenvalue weighted by Gasteiger charge is -2.44. The lowest BCUT2D eigenvalue weighted by Crippen LogP contribution is -2.65. The number of nitrogens with zero attached hydrogens (tertiary/aromatic N) is 4. The van der Waals surface area contributed by atoms with Gasteiger partial charge in [-0.05, 0) is 54.2 Å². The van der Waals surface area contributed by atoms with Crippen molar-refractivity contribution in [2.24, 2.45) is 5.92 Å². The van der Waals surface area contributed by atoms with Crippen molar-refractivity contribution in [2.75, 3.05) is 0 Å². The summed E-state index contributed by atoms with van der Waals surface area (Å²) < 4.78 is 37.8. The van der Waals surface area contributed by atoms with Gasteiger partial charge in [-0.25, -0.2) is 8.78 Å². The van der Waals surface area contributed by atoms with Gasteiger partial charge in [0.2, 0.25) is 11.4 Å². The Balaban J connectivity index is 1.30. The van der Waals surface area contributed by atoms with E-state index in [0.29, 0.717) is 24.4 Å². The number of pyridine rings is 2. The maximum atomic E-state index is 15.9. The first-order valence-electron chi connectivity index (χ1n) is 17.6. The number of rotatable bonds is 10. The van der Waals surface area contributed by atoms with Gasteiger partial charge in [0.25, 0.3) is 0 Å². The smallest absolute Gasteiger partial charge is 0.231 e. The summed E-state index contributed by atoms with van der Waals surface area (Å²) in [5, 5.41) is 5.21. The highest BCUT2D eigenvalue weighted by atomic mass is 19.1. The van der Waals surface area contributed by atoms with Gasteiger partial charge in [-0.2, -0.15) is 14.2 Å². The van der Waals surface area contributed by atoms with E-state index in [1.807, 2.05) is 18.2 Å². The average Bonchev–Trinajstić information content (AvgIpc) is 3.52. The van der Waals surface area contributed by atoms with E-state index in [9.17, 15) is 0 Å². The second-order valence-electron chi connectivity index (χ2n) is 13.7. The van der Waals surface area contributed by atoms with Crippen LogP contribution in [0.25, 0.3) is 33.9 Å². The van der Waals surface area contributed by atoms with Gasteiger partial charge in [-0.1, -0.05) is 77.6 Å². The molecular weight excluding hydrogens is 586 g/mol. The van der Waals surface area contributed by atoms with Crippen LogP contribution in [0.4, 0.5) is 8.78 Å². The first-order valence-corrected chi connectivity index (χ1v) is 17.6. The summed E-state index contributed by atoms with van der Waals surface area (Å²) >= 11 is 0. The molecule has 0 fully saturated rings. The molecule has 0 aliphatic carbocycles. The van der Waals surface area contributed by atoms with Crippen molar-refractivity contribution in [1.29, 1.82) is 0 Å². The van der Waals surface area contributed by atoms with Gasteiger partial charge in [0.15, 0.2) is 24.5 Å². The molecule has 242 valence electrons.